The topological polar surface area (TPSA) is 38.4 Å². The van der Waals surface area contributed by atoms with E-state index in [4.69, 9.17) is 5.73 Å². The summed E-state index contributed by atoms with van der Waals surface area (Å²) in [5.41, 5.74) is 9.66. The summed E-state index contributed by atoms with van der Waals surface area (Å²) >= 11 is 1.57. The van der Waals surface area contributed by atoms with E-state index in [-0.39, 0.29) is 0 Å². The van der Waals surface area contributed by atoms with Crippen LogP contribution < -0.4 is 5.73 Å². The highest BCUT2D eigenvalue weighted by molar-refractivity contribution is 8.13. The molecule has 1 rings (SSSR count). The van der Waals surface area contributed by atoms with Gasteiger partial charge in [0.25, 0.3) is 0 Å². The molecule has 0 aliphatic carbocycles. The number of nitrogens with two attached hydrogens (primary N) is 1. The van der Waals surface area contributed by atoms with Gasteiger partial charge in [-0.15, -0.1) is 6.58 Å². The average molecular weight is 234 g/mol. The van der Waals surface area contributed by atoms with Crippen LogP contribution in [0.25, 0.3) is 0 Å². The van der Waals surface area contributed by atoms with Gasteiger partial charge in [0.1, 0.15) is 0 Å². The second kappa shape index (κ2) is 6.38. The zero-order valence-electron chi connectivity index (χ0n) is 9.86. The molecule has 0 bridgehead atoms. The highest BCUT2D eigenvalue weighted by Crippen LogP contribution is 2.17. The van der Waals surface area contributed by atoms with Crippen molar-refractivity contribution in [3.8, 4) is 0 Å². The minimum atomic E-state index is 0.589. The second-order valence-corrected chi connectivity index (χ2v) is 4.68. The quantitative estimate of drug-likeness (QED) is 0.494. The summed E-state index contributed by atoms with van der Waals surface area (Å²) in [4.78, 5) is 4.15. The van der Waals surface area contributed by atoms with Gasteiger partial charge >= 0.3 is 0 Å². The fourth-order valence-electron chi connectivity index (χ4n) is 1.31. The Kier molecular flexibility index (Phi) is 5.12. The minimum Gasteiger partial charge on any atom is -0.379 e. The molecule has 2 nitrogen and oxygen atoms in total. The highest BCUT2D eigenvalue weighted by Gasteiger charge is 2.00. The van der Waals surface area contributed by atoms with Crippen LogP contribution in [0.15, 0.2) is 35.8 Å². The van der Waals surface area contributed by atoms with E-state index in [9.17, 15) is 0 Å². The Balaban J connectivity index is 2.60. The van der Waals surface area contributed by atoms with Crippen LogP contribution in [0.1, 0.15) is 16.7 Å². The zero-order valence-corrected chi connectivity index (χ0v) is 10.7. The van der Waals surface area contributed by atoms with Crippen molar-refractivity contribution in [2.45, 2.75) is 19.6 Å². The van der Waals surface area contributed by atoms with Crippen molar-refractivity contribution in [2.75, 3.05) is 6.54 Å². The molecule has 0 amide bonds. The van der Waals surface area contributed by atoms with Gasteiger partial charge in [-0.25, -0.2) is 0 Å². The first kappa shape index (κ1) is 12.8. The monoisotopic (exact) mass is 234 g/mol. The molecule has 1 aromatic rings. The van der Waals surface area contributed by atoms with Gasteiger partial charge in [-0.05, 0) is 25.0 Å². The summed E-state index contributed by atoms with van der Waals surface area (Å²) in [6.07, 6.45) is 1.74. The summed E-state index contributed by atoms with van der Waals surface area (Å²) in [6, 6.07) is 6.46. The maximum absolute atomic E-state index is 5.76. The van der Waals surface area contributed by atoms with Crippen molar-refractivity contribution < 1.29 is 0 Å². The molecule has 2 N–H and O–H groups in total. The van der Waals surface area contributed by atoms with Crippen LogP contribution in [-0.4, -0.2) is 11.7 Å². The second-order valence-electron chi connectivity index (χ2n) is 3.69. The van der Waals surface area contributed by atoms with E-state index in [1.165, 1.54) is 16.7 Å². The first-order chi connectivity index (χ1) is 7.63. The zero-order chi connectivity index (χ0) is 12.0. The van der Waals surface area contributed by atoms with Gasteiger partial charge in [0.15, 0.2) is 5.17 Å². The maximum atomic E-state index is 5.76. The number of aryl methyl sites for hydroxylation is 2. The van der Waals surface area contributed by atoms with Crippen LogP contribution in [0.5, 0.6) is 0 Å². The van der Waals surface area contributed by atoms with Gasteiger partial charge < -0.3 is 5.73 Å². The van der Waals surface area contributed by atoms with E-state index >= 15 is 0 Å². The molecule has 0 fully saturated rings. The van der Waals surface area contributed by atoms with Gasteiger partial charge in [-0.2, -0.15) is 0 Å². The number of aliphatic imine (C=N–C) groups is 1. The number of hydrogen-bond donors (Lipinski definition) is 1. The third-order valence-corrected chi connectivity index (χ3v) is 3.14. The number of rotatable bonds is 4. The summed E-state index contributed by atoms with van der Waals surface area (Å²) in [7, 11) is 0. The molecule has 0 radical (unpaired) electrons. The molecule has 86 valence electrons. The van der Waals surface area contributed by atoms with Crippen LogP contribution >= 0.6 is 11.8 Å². The first-order valence-electron chi connectivity index (χ1n) is 5.23. The predicted octanol–water partition coefficient (Wildman–Crippen LogP) is 3.04. The molecule has 0 unspecified atom stereocenters. The largest absolute Gasteiger partial charge is 0.379 e. The minimum absolute atomic E-state index is 0.589. The van der Waals surface area contributed by atoms with E-state index in [2.05, 4.69) is 43.6 Å². The smallest absolute Gasteiger partial charge is 0.154 e. The molecule has 16 heavy (non-hydrogen) atoms. The third kappa shape index (κ3) is 4.11. The van der Waals surface area contributed by atoms with Crippen molar-refractivity contribution in [3.05, 3.63) is 47.5 Å². The van der Waals surface area contributed by atoms with E-state index in [0.717, 1.165) is 5.75 Å². The molecule has 3 heteroatoms. The standard InChI is InChI=1S/C13H18N2S/c1-4-7-15-13(14)16-9-12-8-10(2)5-6-11(12)3/h4-6,8H,1,7,9H2,2-3H3,(H2,14,15). The molecule has 0 spiro atoms. The van der Waals surface area contributed by atoms with Crippen LogP contribution in [0.4, 0.5) is 0 Å². The van der Waals surface area contributed by atoms with Crippen molar-refractivity contribution >= 4 is 16.9 Å². The molecule has 1 aromatic carbocycles. The first-order valence-corrected chi connectivity index (χ1v) is 6.21. The molecule has 0 aromatic heterocycles. The molecular weight excluding hydrogens is 216 g/mol. The van der Waals surface area contributed by atoms with E-state index < -0.39 is 0 Å². The number of hydrogen-bond acceptors (Lipinski definition) is 2. The Morgan fingerprint density at radius 2 is 2.25 bits per heavy atom. The lowest BCUT2D eigenvalue weighted by Crippen LogP contribution is -2.07. The Morgan fingerprint density at radius 3 is 2.94 bits per heavy atom. The highest BCUT2D eigenvalue weighted by atomic mass is 32.2. The van der Waals surface area contributed by atoms with E-state index in [1.807, 2.05) is 0 Å². The lowest BCUT2D eigenvalue weighted by atomic mass is 10.1. The van der Waals surface area contributed by atoms with Gasteiger partial charge in [-0.1, -0.05) is 41.6 Å². The van der Waals surface area contributed by atoms with Crippen molar-refractivity contribution in [2.24, 2.45) is 10.7 Å². The fraction of sp³-hybridized carbons (Fsp3) is 0.308. The fourth-order valence-corrected chi connectivity index (χ4v) is 2.09. The molecule has 0 aliphatic heterocycles. The Labute approximate surface area is 102 Å². The van der Waals surface area contributed by atoms with Crippen LogP contribution in [-0.2, 0) is 5.75 Å². The van der Waals surface area contributed by atoms with E-state index in [1.54, 1.807) is 17.8 Å². The Hall–Kier alpha value is -1.22. The molecule has 0 saturated heterocycles. The Morgan fingerprint density at radius 1 is 1.50 bits per heavy atom. The molecule has 0 atom stereocenters. The summed E-state index contributed by atoms with van der Waals surface area (Å²) in [6.45, 7) is 8.41. The van der Waals surface area contributed by atoms with E-state index in [0.29, 0.717) is 11.7 Å². The van der Waals surface area contributed by atoms with Crippen LogP contribution in [0.2, 0.25) is 0 Å². The summed E-state index contributed by atoms with van der Waals surface area (Å²) in [5, 5.41) is 0.626. The molecule has 0 heterocycles. The van der Waals surface area contributed by atoms with Crippen LogP contribution in [0.3, 0.4) is 0 Å². The Bertz CT molecular complexity index is 397. The summed E-state index contributed by atoms with van der Waals surface area (Å²) < 4.78 is 0. The molecular formula is C13H18N2S. The van der Waals surface area contributed by atoms with Crippen molar-refractivity contribution in [3.63, 3.8) is 0 Å². The number of benzene rings is 1. The van der Waals surface area contributed by atoms with Gasteiger partial charge in [0, 0.05) is 5.75 Å². The lowest BCUT2D eigenvalue weighted by Gasteiger charge is -2.06. The molecule has 0 saturated carbocycles. The van der Waals surface area contributed by atoms with Gasteiger partial charge in [0.05, 0.1) is 6.54 Å². The number of nitrogens with zero attached hydrogens (tertiary/aromatic N) is 1. The average Bonchev–Trinajstić information content (AvgIpc) is 2.27. The van der Waals surface area contributed by atoms with Crippen molar-refractivity contribution in [1.82, 2.24) is 0 Å². The maximum Gasteiger partial charge on any atom is 0.154 e. The normalized spacial score (nSPS) is 11.5. The van der Waals surface area contributed by atoms with Crippen LogP contribution in [0, 0.1) is 13.8 Å². The lowest BCUT2D eigenvalue weighted by molar-refractivity contribution is 1.25. The predicted molar refractivity (Wildman–Crippen MR) is 73.9 cm³/mol. The molecule has 0 aliphatic rings. The van der Waals surface area contributed by atoms with Gasteiger partial charge in [-0.3, -0.25) is 4.99 Å². The number of amidine groups is 1. The number of thioether (sulfide) groups is 1. The van der Waals surface area contributed by atoms with Crippen molar-refractivity contribution in [1.29, 1.82) is 0 Å². The van der Waals surface area contributed by atoms with Gasteiger partial charge in [0.2, 0.25) is 0 Å². The SMILES string of the molecule is C=CCN=C(N)SCc1cc(C)ccc1C. The summed E-state index contributed by atoms with van der Waals surface area (Å²) in [5.74, 6) is 0.875. The third-order valence-electron chi connectivity index (χ3n) is 2.26.